The van der Waals surface area contributed by atoms with Crippen LogP contribution in [-0.4, -0.2) is 38.9 Å². The second-order valence-electron chi connectivity index (χ2n) is 5.56. The number of rotatable bonds is 5. The molecule has 0 aliphatic carbocycles. The Labute approximate surface area is 126 Å². The zero-order chi connectivity index (χ0) is 15.5. The van der Waals surface area contributed by atoms with Crippen molar-refractivity contribution in [3.63, 3.8) is 0 Å². The molecule has 1 aromatic carbocycles. The zero-order valence-corrected chi connectivity index (χ0v) is 13.4. The highest BCUT2D eigenvalue weighted by atomic mass is 32.2. The number of aryl methyl sites for hydroxylation is 1. The van der Waals surface area contributed by atoms with Gasteiger partial charge in [-0.05, 0) is 56.5 Å². The van der Waals surface area contributed by atoms with Crippen LogP contribution in [0.3, 0.4) is 0 Å². The predicted octanol–water partition coefficient (Wildman–Crippen LogP) is 2.14. The molecule has 0 spiro atoms. The fourth-order valence-corrected chi connectivity index (χ4v) is 4.50. The van der Waals surface area contributed by atoms with Crippen molar-refractivity contribution >= 4 is 10.0 Å². The van der Waals surface area contributed by atoms with Crippen LogP contribution in [-0.2, 0) is 10.0 Å². The van der Waals surface area contributed by atoms with Crippen molar-refractivity contribution < 1.29 is 12.8 Å². The fraction of sp³-hybridized carbons (Fsp3) is 0.600. The average Bonchev–Trinajstić information content (AvgIpc) is 2.48. The van der Waals surface area contributed by atoms with Gasteiger partial charge in [0, 0.05) is 13.1 Å². The van der Waals surface area contributed by atoms with Crippen molar-refractivity contribution in [1.82, 2.24) is 9.62 Å². The van der Waals surface area contributed by atoms with E-state index in [4.69, 9.17) is 0 Å². The van der Waals surface area contributed by atoms with Crippen LogP contribution in [0.5, 0.6) is 0 Å². The van der Waals surface area contributed by atoms with Gasteiger partial charge in [-0.25, -0.2) is 12.8 Å². The lowest BCUT2D eigenvalue weighted by Gasteiger charge is -2.29. The van der Waals surface area contributed by atoms with Crippen LogP contribution in [0, 0.1) is 18.7 Å². The lowest BCUT2D eigenvalue weighted by atomic mass is 9.98. The molecule has 0 bridgehead atoms. The molecule has 0 aromatic heterocycles. The third-order valence-electron chi connectivity index (χ3n) is 4.04. The van der Waals surface area contributed by atoms with E-state index in [0.29, 0.717) is 24.6 Å². The van der Waals surface area contributed by atoms with Crippen LogP contribution in [0.4, 0.5) is 4.39 Å². The maximum Gasteiger partial charge on any atom is 0.243 e. The molecule has 118 valence electrons. The first-order chi connectivity index (χ1) is 9.95. The zero-order valence-electron chi connectivity index (χ0n) is 12.6. The molecule has 1 fully saturated rings. The van der Waals surface area contributed by atoms with E-state index >= 15 is 0 Å². The smallest absolute Gasteiger partial charge is 0.243 e. The molecule has 0 radical (unpaired) electrons. The first-order valence-electron chi connectivity index (χ1n) is 7.42. The average molecular weight is 314 g/mol. The van der Waals surface area contributed by atoms with Crippen LogP contribution in [0.2, 0.25) is 0 Å². The Bertz CT molecular complexity index is 583. The number of benzene rings is 1. The summed E-state index contributed by atoms with van der Waals surface area (Å²) in [5.41, 5.74) is 0.583. The van der Waals surface area contributed by atoms with Gasteiger partial charge in [-0.3, -0.25) is 0 Å². The topological polar surface area (TPSA) is 49.4 Å². The van der Waals surface area contributed by atoms with Crippen LogP contribution in [0.15, 0.2) is 23.1 Å². The Morgan fingerprint density at radius 2 is 2.00 bits per heavy atom. The van der Waals surface area contributed by atoms with Crippen LogP contribution in [0.25, 0.3) is 0 Å². The first-order valence-corrected chi connectivity index (χ1v) is 8.86. The molecule has 0 saturated carbocycles. The molecule has 1 heterocycles. The largest absolute Gasteiger partial charge is 0.317 e. The van der Waals surface area contributed by atoms with Gasteiger partial charge in [0.1, 0.15) is 5.82 Å². The van der Waals surface area contributed by atoms with E-state index in [-0.39, 0.29) is 4.90 Å². The predicted molar refractivity (Wildman–Crippen MR) is 81.2 cm³/mol. The molecule has 6 heteroatoms. The lowest BCUT2D eigenvalue weighted by Crippen LogP contribution is -2.39. The van der Waals surface area contributed by atoms with Crippen LogP contribution in [0.1, 0.15) is 25.3 Å². The molecule has 0 atom stereocenters. The number of sulfonamides is 1. The number of nitrogens with one attached hydrogen (secondary N) is 1. The molecule has 1 saturated heterocycles. The van der Waals surface area contributed by atoms with E-state index in [2.05, 4.69) is 5.32 Å². The van der Waals surface area contributed by atoms with E-state index < -0.39 is 15.8 Å². The summed E-state index contributed by atoms with van der Waals surface area (Å²) in [4.78, 5) is 0.0817. The van der Waals surface area contributed by atoms with Crippen molar-refractivity contribution in [1.29, 1.82) is 0 Å². The van der Waals surface area contributed by atoms with E-state index in [1.165, 1.54) is 16.4 Å². The molecule has 2 rings (SSSR count). The standard InChI is InChI=1S/C15H23FN2O2S/c1-3-18(11-13-6-8-17-9-7-13)21(19,20)15-10-14(16)5-4-12(15)2/h4-5,10,13,17H,3,6-9,11H2,1-2H3. The molecule has 1 aliphatic heterocycles. The highest BCUT2D eigenvalue weighted by molar-refractivity contribution is 7.89. The van der Waals surface area contributed by atoms with Gasteiger partial charge < -0.3 is 5.32 Å². The van der Waals surface area contributed by atoms with E-state index in [1.54, 1.807) is 6.92 Å². The quantitative estimate of drug-likeness (QED) is 0.906. The minimum absolute atomic E-state index is 0.0817. The summed E-state index contributed by atoms with van der Waals surface area (Å²) >= 11 is 0. The summed E-state index contributed by atoms with van der Waals surface area (Å²) in [7, 11) is -3.63. The first kappa shape index (κ1) is 16.4. The third kappa shape index (κ3) is 3.81. The molecule has 1 aromatic rings. The number of nitrogens with zero attached hydrogens (tertiary/aromatic N) is 1. The number of hydrogen-bond acceptors (Lipinski definition) is 3. The van der Waals surface area contributed by atoms with Crippen molar-refractivity contribution in [2.75, 3.05) is 26.2 Å². The van der Waals surface area contributed by atoms with Crippen LogP contribution < -0.4 is 5.32 Å². The summed E-state index contributed by atoms with van der Waals surface area (Å²) < 4.78 is 40.4. The van der Waals surface area contributed by atoms with E-state index in [1.807, 2.05) is 6.92 Å². The second kappa shape index (κ2) is 6.85. The Balaban J connectivity index is 2.24. The van der Waals surface area contributed by atoms with E-state index in [9.17, 15) is 12.8 Å². The van der Waals surface area contributed by atoms with Gasteiger partial charge in [-0.2, -0.15) is 4.31 Å². The van der Waals surface area contributed by atoms with Crippen molar-refractivity contribution in [2.45, 2.75) is 31.6 Å². The van der Waals surface area contributed by atoms with Crippen LogP contribution >= 0.6 is 0 Å². The van der Waals surface area contributed by atoms with Crippen molar-refractivity contribution in [2.24, 2.45) is 5.92 Å². The highest BCUT2D eigenvalue weighted by Crippen LogP contribution is 2.23. The maximum absolute atomic E-state index is 13.4. The third-order valence-corrected chi connectivity index (χ3v) is 6.12. The molecule has 1 N–H and O–H groups in total. The van der Waals surface area contributed by atoms with Crippen molar-refractivity contribution in [3.8, 4) is 0 Å². The van der Waals surface area contributed by atoms with Gasteiger partial charge in [0.05, 0.1) is 4.90 Å². The van der Waals surface area contributed by atoms with Gasteiger partial charge in [-0.1, -0.05) is 13.0 Å². The normalized spacial score (nSPS) is 17.3. The monoisotopic (exact) mass is 314 g/mol. The Morgan fingerprint density at radius 3 is 2.62 bits per heavy atom. The molecule has 0 unspecified atom stereocenters. The highest BCUT2D eigenvalue weighted by Gasteiger charge is 2.28. The second-order valence-corrected chi connectivity index (χ2v) is 7.47. The minimum atomic E-state index is -3.63. The van der Waals surface area contributed by atoms with E-state index in [0.717, 1.165) is 32.0 Å². The van der Waals surface area contributed by atoms with Gasteiger partial charge in [0.2, 0.25) is 10.0 Å². The van der Waals surface area contributed by atoms with Gasteiger partial charge in [-0.15, -0.1) is 0 Å². The lowest BCUT2D eigenvalue weighted by molar-refractivity contribution is 0.294. The Morgan fingerprint density at radius 1 is 1.33 bits per heavy atom. The molecular formula is C15H23FN2O2S. The fourth-order valence-electron chi connectivity index (χ4n) is 2.74. The number of piperidine rings is 1. The summed E-state index contributed by atoms with van der Waals surface area (Å²) in [6.45, 7) is 6.30. The summed E-state index contributed by atoms with van der Waals surface area (Å²) in [5.74, 6) is -0.146. The van der Waals surface area contributed by atoms with Gasteiger partial charge >= 0.3 is 0 Å². The van der Waals surface area contributed by atoms with Gasteiger partial charge in [0.15, 0.2) is 0 Å². The summed E-state index contributed by atoms with van der Waals surface area (Å²) in [6.07, 6.45) is 1.96. The summed E-state index contributed by atoms with van der Waals surface area (Å²) in [5, 5.41) is 3.28. The number of hydrogen-bond donors (Lipinski definition) is 1. The molecular weight excluding hydrogens is 291 g/mol. The Kier molecular flexibility index (Phi) is 5.35. The minimum Gasteiger partial charge on any atom is -0.317 e. The SMILES string of the molecule is CCN(CC1CCNCC1)S(=O)(=O)c1cc(F)ccc1C. The molecule has 0 amide bonds. The summed E-state index contributed by atoms with van der Waals surface area (Å²) in [6, 6.07) is 3.92. The maximum atomic E-state index is 13.4. The molecule has 1 aliphatic rings. The van der Waals surface area contributed by atoms with Crippen molar-refractivity contribution in [3.05, 3.63) is 29.6 Å². The number of halogens is 1. The molecule has 4 nitrogen and oxygen atoms in total. The van der Waals surface area contributed by atoms with Gasteiger partial charge in [0.25, 0.3) is 0 Å². The molecule has 21 heavy (non-hydrogen) atoms. The Hall–Kier alpha value is -0.980.